The van der Waals surface area contributed by atoms with Crippen molar-refractivity contribution in [2.24, 2.45) is 0 Å². The van der Waals surface area contributed by atoms with Gasteiger partial charge in [0.2, 0.25) is 0 Å². The fourth-order valence-corrected chi connectivity index (χ4v) is 1.40. The van der Waals surface area contributed by atoms with Crippen LogP contribution in [0.3, 0.4) is 0 Å². The third kappa shape index (κ3) is 2.43. The molecule has 1 heterocycles. The molecule has 1 N–H and O–H groups in total. The van der Waals surface area contributed by atoms with Gasteiger partial charge in [0.1, 0.15) is 5.82 Å². The van der Waals surface area contributed by atoms with Gasteiger partial charge in [0, 0.05) is 5.54 Å². The number of hydrogen-bond donors (Lipinski definition) is 1. The molecule has 2 rings (SSSR count). The molecule has 1 aromatic carbocycles. The molecule has 0 aliphatic rings. The van der Waals surface area contributed by atoms with E-state index in [1.54, 1.807) is 6.20 Å². The Bertz CT molecular complexity index is 471. The molecule has 0 saturated carbocycles. The Morgan fingerprint density at radius 2 is 1.73 bits per heavy atom. The van der Waals surface area contributed by atoms with Crippen LogP contribution >= 0.6 is 0 Å². The van der Waals surface area contributed by atoms with Crippen molar-refractivity contribution in [1.29, 1.82) is 0 Å². The van der Waals surface area contributed by atoms with Crippen molar-refractivity contribution >= 4 is 16.9 Å². The highest BCUT2D eigenvalue weighted by atomic mass is 15.1. The standard InChI is InChI=1S/C12H15N3/c1-12(2,3)15-11-8-13-9-6-4-5-7-10(9)14-11/h4-8H,1-3H3,(H,14,15). The van der Waals surface area contributed by atoms with E-state index in [2.05, 4.69) is 36.1 Å². The highest BCUT2D eigenvalue weighted by Crippen LogP contribution is 2.14. The predicted octanol–water partition coefficient (Wildman–Crippen LogP) is 2.84. The quantitative estimate of drug-likeness (QED) is 0.771. The molecule has 0 aliphatic heterocycles. The summed E-state index contributed by atoms with van der Waals surface area (Å²) in [5, 5.41) is 3.30. The molecule has 0 radical (unpaired) electrons. The third-order valence-corrected chi connectivity index (χ3v) is 1.95. The zero-order chi connectivity index (χ0) is 10.9. The SMILES string of the molecule is CC(C)(C)Nc1cnc2ccccc2n1. The number of nitrogens with one attached hydrogen (secondary N) is 1. The van der Waals surface area contributed by atoms with Gasteiger partial charge in [-0.3, -0.25) is 4.98 Å². The van der Waals surface area contributed by atoms with Crippen LogP contribution in [0, 0.1) is 0 Å². The average molecular weight is 201 g/mol. The summed E-state index contributed by atoms with van der Waals surface area (Å²) >= 11 is 0. The zero-order valence-corrected chi connectivity index (χ0v) is 9.28. The molecule has 1 aromatic heterocycles. The third-order valence-electron chi connectivity index (χ3n) is 1.95. The first-order valence-corrected chi connectivity index (χ1v) is 5.05. The van der Waals surface area contributed by atoms with Gasteiger partial charge < -0.3 is 5.32 Å². The average Bonchev–Trinajstić information content (AvgIpc) is 2.15. The Hall–Kier alpha value is -1.64. The highest BCUT2D eigenvalue weighted by molar-refractivity contribution is 5.75. The van der Waals surface area contributed by atoms with E-state index in [1.807, 2.05) is 24.3 Å². The van der Waals surface area contributed by atoms with Crippen molar-refractivity contribution in [1.82, 2.24) is 9.97 Å². The van der Waals surface area contributed by atoms with Crippen LogP contribution in [0.2, 0.25) is 0 Å². The molecule has 3 heteroatoms. The predicted molar refractivity (Wildman–Crippen MR) is 62.9 cm³/mol. The lowest BCUT2D eigenvalue weighted by atomic mass is 10.1. The molecule has 0 atom stereocenters. The van der Waals surface area contributed by atoms with E-state index in [9.17, 15) is 0 Å². The first-order chi connectivity index (χ1) is 7.04. The minimum atomic E-state index is 0.0110. The van der Waals surface area contributed by atoms with Gasteiger partial charge in [0.15, 0.2) is 0 Å². The summed E-state index contributed by atoms with van der Waals surface area (Å²) in [4.78, 5) is 8.83. The van der Waals surface area contributed by atoms with Crippen LogP contribution in [0.15, 0.2) is 30.5 Å². The normalized spacial score (nSPS) is 11.7. The van der Waals surface area contributed by atoms with E-state index < -0.39 is 0 Å². The molecule has 0 spiro atoms. The summed E-state index contributed by atoms with van der Waals surface area (Å²) in [5.74, 6) is 0.821. The Morgan fingerprint density at radius 1 is 1.07 bits per heavy atom. The molecule has 0 saturated heterocycles. The van der Waals surface area contributed by atoms with E-state index in [0.717, 1.165) is 16.9 Å². The highest BCUT2D eigenvalue weighted by Gasteiger charge is 2.10. The zero-order valence-electron chi connectivity index (χ0n) is 9.28. The first kappa shape index (κ1) is 9.90. The Kier molecular flexibility index (Phi) is 2.31. The molecular weight excluding hydrogens is 186 g/mol. The van der Waals surface area contributed by atoms with Gasteiger partial charge >= 0.3 is 0 Å². The maximum Gasteiger partial charge on any atom is 0.145 e. The first-order valence-electron chi connectivity index (χ1n) is 5.05. The second kappa shape index (κ2) is 3.50. The molecule has 0 unspecified atom stereocenters. The summed E-state index contributed by atoms with van der Waals surface area (Å²) in [6, 6.07) is 7.87. The summed E-state index contributed by atoms with van der Waals surface area (Å²) in [6.07, 6.45) is 1.77. The number of nitrogens with zero attached hydrogens (tertiary/aromatic N) is 2. The molecule has 2 aromatic rings. The summed E-state index contributed by atoms with van der Waals surface area (Å²) in [7, 11) is 0. The maximum absolute atomic E-state index is 4.49. The number of para-hydroxylation sites is 2. The summed E-state index contributed by atoms with van der Waals surface area (Å²) in [6.45, 7) is 6.30. The van der Waals surface area contributed by atoms with Gasteiger partial charge in [-0.1, -0.05) is 12.1 Å². The number of benzene rings is 1. The minimum absolute atomic E-state index is 0.0110. The van der Waals surface area contributed by atoms with Gasteiger partial charge in [-0.05, 0) is 32.9 Å². The van der Waals surface area contributed by atoms with Crippen LogP contribution in [0.4, 0.5) is 5.82 Å². The van der Waals surface area contributed by atoms with Crippen molar-refractivity contribution in [3.8, 4) is 0 Å². The number of hydrogen-bond acceptors (Lipinski definition) is 3. The van der Waals surface area contributed by atoms with Crippen molar-refractivity contribution < 1.29 is 0 Å². The second-order valence-electron chi connectivity index (χ2n) is 4.62. The Labute approximate surface area is 89.6 Å². The fourth-order valence-electron chi connectivity index (χ4n) is 1.40. The monoisotopic (exact) mass is 201 g/mol. The van der Waals surface area contributed by atoms with E-state index >= 15 is 0 Å². The van der Waals surface area contributed by atoms with Crippen molar-refractivity contribution in [2.45, 2.75) is 26.3 Å². The molecule has 0 amide bonds. The molecule has 78 valence electrons. The lowest BCUT2D eigenvalue weighted by Crippen LogP contribution is -2.26. The summed E-state index contributed by atoms with van der Waals surface area (Å²) < 4.78 is 0. The van der Waals surface area contributed by atoms with Crippen LogP contribution in [0.1, 0.15) is 20.8 Å². The van der Waals surface area contributed by atoms with Gasteiger partial charge in [-0.25, -0.2) is 4.98 Å². The molecule has 0 aliphatic carbocycles. The van der Waals surface area contributed by atoms with Crippen LogP contribution in [0.5, 0.6) is 0 Å². The molecule has 0 bridgehead atoms. The van der Waals surface area contributed by atoms with Crippen molar-refractivity contribution in [3.05, 3.63) is 30.5 Å². The molecule has 3 nitrogen and oxygen atoms in total. The van der Waals surface area contributed by atoms with E-state index in [1.165, 1.54) is 0 Å². The molecular formula is C12H15N3. The molecule has 0 fully saturated rings. The maximum atomic E-state index is 4.49. The van der Waals surface area contributed by atoms with Crippen LogP contribution in [0.25, 0.3) is 11.0 Å². The van der Waals surface area contributed by atoms with E-state index in [4.69, 9.17) is 0 Å². The van der Waals surface area contributed by atoms with Crippen molar-refractivity contribution in [3.63, 3.8) is 0 Å². The number of rotatable bonds is 1. The van der Waals surface area contributed by atoms with E-state index in [-0.39, 0.29) is 5.54 Å². The smallest absolute Gasteiger partial charge is 0.145 e. The summed E-state index contributed by atoms with van der Waals surface area (Å²) in [5.41, 5.74) is 1.86. The minimum Gasteiger partial charge on any atom is -0.364 e. The van der Waals surface area contributed by atoms with Gasteiger partial charge in [-0.15, -0.1) is 0 Å². The second-order valence-corrected chi connectivity index (χ2v) is 4.62. The largest absolute Gasteiger partial charge is 0.364 e. The molecule has 15 heavy (non-hydrogen) atoms. The number of aromatic nitrogens is 2. The topological polar surface area (TPSA) is 37.8 Å². The number of anilines is 1. The number of fused-ring (bicyclic) bond motifs is 1. The Morgan fingerprint density at radius 3 is 2.40 bits per heavy atom. The van der Waals surface area contributed by atoms with Gasteiger partial charge in [-0.2, -0.15) is 0 Å². The Balaban J connectivity index is 2.39. The fraction of sp³-hybridized carbons (Fsp3) is 0.333. The van der Waals surface area contributed by atoms with Crippen LogP contribution in [-0.4, -0.2) is 15.5 Å². The lowest BCUT2D eigenvalue weighted by molar-refractivity contribution is 0.630. The van der Waals surface area contributed by atoms with Gasteiger partial charge in [0.05, 0.1) is 17.2 Å². The van der Waals surface area contributed by atoms with Crippen LogP contribution in [-0.2, 0) is 0 Å². The lowest BCUT2D eigenvalue weighted by Gasteiger charge is -2.20. The van der Waals surface area contributed by atoms with Crippen LogP contribution < -0.4 is 5.32 Å². The van der Waals surface area contributed by atoms with E-state index in [0.29, 0.717) is 0 Å². The van der Waals surface area contributed by atoms with Gasteiger partial charge in [0.25, 0.3) is 0 Å². The van der Waals surface area contributed by atoms with Crippen molar-refractivity contribution in [2.75, 3.05) is 5.32 Å².